The topological polar surface area (TPSA) is 75.5 Å². The predicted octanol–water partition coefficient (Wildman–Crippen LogP) is 3.57. The molecule has 32 heavy (non-hydrogen) atoms. The summed E-state index contributed by atoms with van der Waals surface area (Å²) in [5, 5.41) is 4.39. The Balaban J connectivity index is 1.35. The van der Waals surface area contributed by atoms with Crippen molar-refractivity contribution >= 4 is 40.3 Å². The van der Waals surface area contributed by atoms with Crippen LogP contribution in [0.2, 0.25) is 5.02 Å². The van der Waals surface area contributed by atoms with Crippen LogP contribution in [0.15, 0.2) is 53.5 Å². The monoisotopic (exact) mass is 470 g/mol. The second-order valence-corrected chi connectivity index (χ2v) is 9.26. The van der Waals surface area contributed by atoms with Crippen LogP contribution in [0.1, 0.15) is 27.4 Å². The minimum absolute atomic E-state index is 0.00641. The number of piperazine rings is 1. The number of aromatic nitrogens is 2. The first-order chi connectivity index (χ1) is 15.4. The summed E-state index contributed by atoms with van der Waals surface area (Å²) in [7, 11) is 0. The van der Waals surface area contributed by atoms with Gasteiger partial charge in [0.25, 0.3) is 5.56 Å². The number of rotatable bonds is 6. The number of carbonyl (C=O) groups excluding carboxylic acids is 2. The van der Waals surface area contributed by atoms with Crippen LogP contribution < -0.4 is 10.5 Å². The number of carbonyl (C=O) groups is 2. The molecule has 1 aliphatic rings. The lowest BCUT2D eigenvalue weighted by molar-refractivity contribution is -0.131. The summed E-state index contributed by atoms with van der Waals surface area (Å²) in [6.07, 6.45) is 2.01. The van der Waals surface area contributed by atoms with Gasteiger partial charge in [-0.05, 0) is 31.2 Å². The van der Waals surface area contributed by atoms with Gasteiger partial charge in [-0.15, -0.1) is 11.3 Å². The van der Waals surface area contributed by atoms with Gasteiger partial charge in [0.15, 0.2) is 5.78 Å². The standard InChI is InChI=1S/C23H23ClN4O3S/c1-16-7-9-20(32-16)19(29)8-10-21(30)27-13-11-26(12-14-27)18-15-25-28(23(31)22(18)24)17-5-3-2-4-6-17/h2-7,9,15H,8,10-14H2,1H3. The smallest absolute Gasteiger partial charge is 0.292 e. The zero-order valence-corrected chi connectivity index (χ0v) is 19.2. The lowest BCUT2D eigenvalue weighted by atomic mass is 10.1. The first-order valence-electron chi connectivity index (χ1n) is 10.4. The van der Waals surface area contributed by atoms with Crippen molar-refractivity contribution in [3.63, 3.8) is 0 Å². The minimum atomic E-state index is -0.379. The van der Waals surface area contributed by atoms with Crippen molar-refractivity contribution in [2.45, 2.75) is 19.8 Å². The lowest BCUT2D eigenvalue weighted by Crippen LogP contribution is -2.49. The maximum absolute atomic E-state index is 12.7. The summed E-state index contributed by atoms with van der Waals surface area (Å²) in [4.78, 5) is 43.1. The molecule has 1 amide bonds. The van der Waals surface area contributed by atoms with E-state index < -0.39 is 0 Å². The van der Waals surface area contributed by atoms with E-state index >= 15 is 0 Å². The first kappa shape index (κ1) is 22.2. The van der Waals surface area contributed by atoms with Crippen LogP contribution in [0.5, 0.6) is 0 Å². The number of thiophene rings is 1. The number of ketones is 1. The fourth-order valence-electron chi connectivity index (χ4n) is 3.68. The third-order valence-corrected chi connectivity index (χ3v) is 6.85. The molecule has 0 unspecified atom stereocenters. The molecule has 0 radical (unpaired) electrons. The molecule has 7 nitrogen and oxygen atoms in total. The number of halogens is 1. The van der Waals surface area contributed by atoms with Crippen molar-refractivity contribution in [3.05, 3.63) is 73.8 Å². The summed E-state index contributed by atoms with van der Waals surface area (Å²) >= 11 is 7.85. The molecule has 0 aliphatic carbocycles. The normalized spacial score (nSPS) is 13.9. The van der Waals surface area contributed by atoms with Gasteiger partial charge in [-0.1, -0.05) is 29.8 Å². The Labute approximate surface area is 194 Å². The van der Waals surface area contributed by atoms with E-state index in [9.17, 15) is 14.4 Å². The van der Waals surface area contributed by atoms with E-state index in [2.05, 4.69) is 5.10 Å². The SMILES string of the molecule is Cc1ccc(C(=O)CCC(=O)N2CCN(c3cnn(-c4ccccc4)c(=O)c3Cl)CC2)s1. The Bertz CT molecular complexity index is 1180. The second-order valence-electron chi connectivity index (χ2n) is 7.60. The van der Waals surface area contributed by atoms with Crippen LogP contribution in [-0.2, 0) is 4.79 Å². The van der Waals surface area contributed by atoms with Crippen molar-refractivity contribution in [1.29, 1.82) is 0 Å². The Kier molecular flexibility index (Phi) is 6.72. The van der Waals surface area contributed by atoms with Crippen molar-refractivity contribution < 1.29 is 9.59 Å². The molecule has 1 fully saturated rings. The molecule has 9 heteroatoms. The molecule has 0 spiro atoms. The van der Waals surface area contributed by atoms with Crippen molar-refractivity contribution in [2.75, 3.05) is 31.1 Å². The van der Waals surface area contributed by atoms with Crippen LogP contribution in [0.4, 0.5) is 5.69 Å². The molecule has 3 aromatic rings. The van der Waals surface area contributed by atoms with E-state index in [1.807, 2.05) is 42.2 Å². The zero-order valence-electron chi connectivity index (χ0n) is 17.7. The van der Waals surface area contributed by atoms with E-state index in [-0.39, 0.29) is 35.1 Å². The van der Waals surface area contributed by atoms with Gasteiger partial charge in [0.2, 0.25) is 5.91 Å². The van der Waals surface area contributed by atoms with E-state index in [0.29, 0.717) is 42.4 Å². The maximum Gasteiger partial charge on any atom is 0.292 e. The van der Waals surface area contributed by atoms with Gasteiger partial charge in [0.05, 0.1) is 22.4 Å². The molecule has 0 N–H and O–H groups in total. The summed E-state index contributed by atoms with van der Waals surface area (Å²) in [6.45, 7) is 4.05. The van der Waals surface area contributed by atoms with Gasteiger partial charge < -0.3 is 9.80 Å². The molecule has 1 aromatic carbocycles. The Hall–Kier alpha value is -2.97. The number of aryl methyl sites for hydroxylation is 1. The summed E-state index contributed by atoms with van der Waals surface area (Å²) in [5.74, 6) is -0.0260. The highest BCUT2D eigenvalue weighted by Crippen LogP contribution is 2.23. The molecule has 166 valence electrons. The molecule has 0 atom stereocenters. The largest absolute Gasteiger partial charge is 0.365 e. The van der Waals surface area contributed by atoms with E-state index in [1.54, 1.807) is 23.2 Å². The van der Waals surface area contributed by atoms with Crippen molar-refractivity contribution in [3.8, 4) is 5.69 Å². The molecule has 0 saturated carbocycles. The Morgan fingerprint density at radius 1 is 1.03 bits per heavy atom. The number of nitrogens with zero attached hydrogens (tertiary/aromatic N) is 4. The fourth-order valence-corrected chi connectivity index (χ4v) is 4.76. The van der Waals surface area contributed by atoms with Gasteiger partial charge in [-0.25, -0.2) is 0 Å². The number of para-hydroxylation sites is 1. The summed E-state index contributed by atoms with van der Waals surface area (Å²) in [6, 6.07) is 12.8. The van der Waals surface area contributed by atoms with Gasteiger partial charge in [-0.2, -0.15) is 9.78 Å². The average Bonchev–Trinajstić information content (AvgIpc) is 3.26. The van der Waals surface area contributed by atoms with Crippen LogP contribution in [-0.4, -0.2) is 52.5 Å². The highest BCUT2D eigenvalue weighted by atomic mass is 35.5. The average molecular weight is 471 g/mol. The van der Waals surface area contributed by atoms with Crippen LogP contribution in [0.3, 0.4) is 0 Å². The van der Waals surface area contributed by atoms with Gasteiger partial charge >= 0.3 is 0 Å². The molecule has 1 aliphatic heterocycles. The fraction of sp³-hybridized carbons (Fsp3) is 0.304. The van der Waals surface area contributed by atoms with Crippen LogP contribution in [0.25, 0.3) is 5.69 Å². The third kappa shape index (κ3) is 4.76. The molecular formula is C23H23ClN4O3S. The summed E-state index contributed by atoms with van der Waals surface area (Å²) < 4.78 is 1.28. The van der Waals surface area contributed by atoms with Crippen LogP contribution >= 0.6 is 22.9 Å². The van der Waals surface area contributed by atoms with E-state index in [4.69, 9.17) is 11.6 Å². The van der Waals surface area contributed by atoms with Gasteiger partial charge in [0.1, 0.15) is 5.02 Å². The first-order valence-corrected chi connectivity index (χ1v) is 11.6. The molecule has 3 heterocycles. The Morgan fingerprint density at radius 3 is 2.41 bits per heavy atom. The van der Waals surface area contributed by atoms with E-state index in [1.165, 1.54) is 16.0 Å². The zero-order chi connectivity index (χ0) is 22.7. The van der Waals surface area contributed by atoms with Gasteiger partial charge in [-0.3, -0.25) is 14.4 Å². The number of hydrogen-bond donors (Lipinski definition) is 0. The number of anilines is 1. The number of hydrogen-bond acceptors (Lipinski definition) is 6. The minimum Gasteiger partial charge on any atom is -0.365 e. The van der Waals surface area contributed by atoms with Gasteiger partial charge in [0, 0.05) is 43.9 Å². The predicted molar refractivity (Wildman–Crippen MR) is 126 cm³/mol. The van der Waals surface area contributed by atoms with Crippen molar-refractivity contribution in [1.82, 2.24) is 14.7 Å². The summed E-state index contributed by atoms with van der Waals surface area (Å²) in [5.41, 5.74) is 0.837. The molecule has 2 aromatic heterocycles. The second kappa shape index (κ2) is 9.67. The highest BCUT2D eigenvalue weighted by molar-refractivity contribution is 7.14. The van der Waals surface area contributed by atoms with E-state index in [0.717, 1.165) is 4.88 Å². The highest BCUT2D eigenvalue weighted by Gasteiger charge is 2.24. The third-order valence-electron chi connectivity index (χ3n) is 5.46. The number of benzene rings is 1. The molecule has 4 rings (SSSR count). The molecular weight excluding hydrogens is 448 g/mol. The quantitative estimate of drug-likeness (QED) is 0.515. The molecule has 0 bridgehead atoms. The van der Waals surface area contributed by atoms with Crippen molar-refractivity contribution in [2.24, 2.45) is 0 Å². The van der Waals surface area contributed by atoms with Crippen LogP contribution in [0, 0.1) is 6.92 Å². The lowest BCUT2D eigenvalue weighted by Gasteiger charge is -2.36. The maximum atomic E-state index is 12.7. The number of amides is 1. The molecule has 1 saturated heterocycles. The Morgan fingerprint density at radius 2 is 1.75 bits per heavy atom. The number of Topliss-reactive ketones (excluding diaryl/α,β-unsaturated/α-hetero) is 1.